The largest absolute Gasteiger partial charge is 0.506 e. The number of phenols is 2. The number of hydrogen-bond donors (Lipinski definition) is 12. The Balaban J connectivity index is 0.519. The van der Waals surface area contributed by atoms with Crippen LogP contribution in [-0.4, -0.2) is 154 Å². The molecule has 2 saturated heterocycles. The topological polar surface area (TPSA) is 303 Å². The number of hydrogen-bond acceptors (Lipinski definition) is 15. The molecule has 6 aromatic carbocycles. The van der Waals surface area contributed by atoms with Gasteiger partial charge in [-0.15, -0.1) is 0 Å². The molecule has 2 fully saturated rings. The van der Waals surface area contributed by atoms with Crippen LogP contribution < -0.4 is 43.0 Å². The van der Waals surface area contributed by atoms with Gasteiger partial charge < -0.3 is 76.8 Å². The highest BCUT2D eigenvalue weighted by Gasteiger charge is 2.27. The number of aliphatic hydroxyl groups excluding tert-OH is 2. The van der Waals surface area contributed by atoms with Crippen LogP contribution in [0.1, 0.15) is 120 Å². The Hall–Kier alpha value is -9.06. The summed E-state index contributed by atoms with van der Waals surface area (Å²) >= 11 is 0. The van der Waals surface area contributed by atoms with E-state index in [9.17, 15) is 49.2 Å². The second kappa shape index (κ2) is 36.1. The highest BCUT2D eigenvalue weighted by atomic mass is 16.5. The number of aromatic nitrogens is 2. The number of aromatic hydroxyl groups is 2. The summed E-state index contributed by atoms with van der Waals surface area (Å²) in [6.45, 7) is 11.5. The summed E-state index contributed by atoms with van der Waals surface area (Å²) in [7, 11) is 0. The van der Waals surface area contributed by atoms with Crippen LogP contribution in [0.3, 0.4) is 0 Å². The zero-order valence-corrected chi connectivity index (χ0v) is 56.8. The van der Waals surface area contributed by atoms with E-state index in [1.165, 1.54) is 24.3 Å². The van der Waals surface area contributed by atoms with Crippen molar-refractivity contribution < 1.29 is 44.3 Å². The van der Waals surface area contributed by atoms with E-state index in [-0.39, 0.29) is 96.5 Å². The predicted octanol–water partition coefficient (Wildman–Crippen LogP) is 6.75. The van der Waals surface area contributed by atoms with Crippen LogP contribution in [0, 0.1) is 0 Å². The van der Waals surface area contributed by atoms with Crippen molar-refractivity contribution in [2.75, 3.05) is 65.4 Å². The number of H-pyrrole nitrogens is 2. The van der Waals surface area contributed by atoms with E-state index < -0.39 is 12.2 Å². The average Bonchev–Trinajstić information content (AvgIpc) is 0.802. The first-order valence-electron chi connectivity index (χ1n) is 34.9. The van der Waals surface area contributed by atoms with E-state index in [0.29, 0.717) is 97.9 Å². The molecule has 21 nitrogen and oxygen atoms in total. The van der Waals surface area contributed by atoms with Crippen molar-refractivity contribution in [1.29, 1.82) is 0 Å². The SMILES string of the molecule is C[C@H](Cc1cccc(CCNC(=O)Cc2ccc(CNC(=O)CCN3CCC(OC4CCN(CCC(=O)NCc5ccc(CC(=O)NCCc6cccc(C[C@@H](C)NC[C@H](O)c7ccc(O)c8[nH]c(=O)ccc78)c6)cc5)CC4)CC3)cc2)c1)NC[C@H](O)c1ccc(O)c2[nH]c(=O)ccc12. The highest BCUT2D eigenvalue weighted by molar-refractivity contribution is 5.88. The quantitative estimate of drug-likeness (QED) is 0.0199. The second-order valence-electron chi connectivity index (χ2n) is 26.7. The van der Waals surface area contributed by atoms with Crippen LogP contribution in [0.2, 0.25) is 0 Å². The van der Waals surface area contributed by atoms with Gasteiger partial charge in [-0.1, -0.05) is 109 Å². The number of likely N-dealkylation sites (tertiary alicyclic amines) is 2. The lowest BCUT2D eigenvalue weighted by atomic mass is 10.0. The first kappa shape index (κ1) is 72.7. The molecule has 12 N–H and O–H groups in total. The molecule has 21 heteroatoms. The van der Waals surface area contributed by atoms with Crippen molar-refractivity contribution in [3.8, 4) is 11.5 Å². The fourth-order valence-electron chi connectivity index (χ4n) is 13.3. The van der Waals surface area contributed by atoms with Gasteiger partial charge >= 0.3 is 0 Å². The molecule has 524 valence electrons. The van der Waals surface area contributed by atoms with Gasteiger partial charge in [-0.25, -0.2) is 0 Å². The molecule has 0 spiro atoms. The molecule has 8 aromatic rings. The van der Waals surface area contributed by atoms with Gasteiger partial charge in [0.25, 0.3) is 0 Å². The molecule has 0 unspecified atom stereocenters. The van der Waals surface area contributed by atoms with Gasteiger partial charge in [0.1, 0.15) is 11.5 Å². The van der Waals surface area contributed by atoms with E-state index in [0.717, 1.165) is 109 Å². The monoisotopic (exact) mass is 1350 g/mol. The number of nitrogens with one attached hydrogen (secondary N) is 8. The summed E-state index contributed by atoms with van der Waals surface area (Å²) in [5.41, 5.74) is 9.40. The molecule has 4 atom stereocenters. The average molecular weight is 1350 g/mol. The standard InChI is InChI=1S/C78H96N10O11/c1-51(81-49-69(91)63-17-21-67(89)77-65(63)19-23-73(95)85-77)41-59-7-3-5-53(43-59)25-33-79-75(97)45-55-9-13-57(14-10-55)47-83-71(93)31-39-87-35-27-61(28-36-87)99-62-29-37-88(38-30-62)40-32-72(94)84-48-58-15-11-56(12-16-58)46-76(98)80-34-26-54-6-4-8-60(44-54)42-52(2)82-50-70(92)64-18-22-68(90)78-66(64)20-24-74(96)86-78/h3-24,43-44,51-52,61-62,69-70,81-82,89-92H,25-42,45-50H2,1-2H3,(H,79,97)(H,80,98)(H,83,93)(H,84,94)(H,85,95)(H,86,96)/t51-,52-,69+,70+/m1/s1. The number of amides is 4. The maximum absolute atomic E-state index is 12.9. The van der Waals surface area contributed by atoms with Gasteiger partial charge in [0.2, 0.25) is 34.7 Å². The minimum Gasteiger partial charge on any atom is -0.506 e. The fraction of sp³-hybridized carbons (Fsp3) is 0.410. The number of carbonyl (C=O) groups is 4. The Morgan fingerprint density at radius 3 is 1.26 bits per heavy atom. The fourth-order valence-corrected chi connectivity index (χ4v) is 13.3. The number of phenolic OH excluding ortho intramolecular Hbond substituents is 2. The highest BCUT2D eigenvalue weighted by Crippen LogP contribution is 2.31. The third-order valence-corrected chi connectivity index (χ3v) is 18.9. The summed E-state index contributed by atoms with van der Waals surface area (Å²) in [6, 6.07) is 44.5. The second-order valence-corrected chi connectivity index (χ2v) is 26.7. The number of aliphatic hydroxyl groups is 2. The summed E-state index contributed by atoms with van der Waals surface area (Å²) in [5.74, 6) is -0.201. The van der Waals surface area contributed by atoms with E-state index in [4.69, 9.17) is 4.74 Å². The van der Waals surface area contributed by atoms with Crippen molar-refractivity contribution in [2.45, 2.75) is 140 Å². The molecule has 0 aliphatic carbocycles. The Labute approximate surface area is 578 Å². The summed E-state index contributed by atoms with van der Waals surface area (Å²) in [5, 5.41) is 62.6. The third kappa shape index (κ3) is 22.5. The van der Waals surface area contributed by atoms with Crippen molar-refractivity contribution in [1.82, 2.24) is 51.7 Å². The van der Waals surface area contributed by atoms with E-state index in [1.807, 2.05) is 60.7 Å². The van der Waals surface area contributed by atoms with Crippen molar-refractivity contribution in [3.63, 3.8) is 0 Å². The van der Waals surface area contributed by atoms with Crippen molar-refractivity contribution in [2.24, 2.45) is 0 Å². The predicted molar refractivity (Wildman–Crippen MR) is 384 cm³/mol. The first-order valence-corrected chi connectivity index (χ1v) is 34.9. The Morgan fingerprint density at radius 2 is 0.859 bits per heavy atom. The lowest BCUT2D eigenvalue weighted by Gasteiger charge is -2.37. The molecular formula is C78H96N10O11. The van der Waals surface area contributed by atoms with Gasteiger partial charge in [-0.3, -0.25) is 28.8 Å². The summed E-state index contributed by atoms with van der Waals surface area (Å²) < 4.78 is 6.58. The number of fused-ring (bicyclic) bond motifs is 2. The summed E-state index contributed by atoms with van der Waals surface area (Å²) in [4.78, 5) is 85.1. The number of benzene rings is 6. The maximum atomic E-state index is 12.9. The Kier molecular flexibility index (Phi) is 26.5. The van der Waals surface area contributed by atoms with Crippen LogP contribution in [0.5, 0.6) is 11.5 Å². The number of piperidine rings is 2. The molecule has 10 rings (SSSR count). The molecule has 4 amide bonds. The van der Waals surface area contributed by atoms with Gasteiger partial charge in [0, 0.05) is 126 Å². The molecule has 0 radical (unpaired) electrons. The van der Waals surface area contributed by atoms with Gasteiger partial charge in [-0.05, 0) is 145 Å². The van der Waals surface area contributed by atoms with Crippen LogP contribution in [0.25, 0.3) is 21.8 Å². The van der Waals surface area contributed by atoms with Crippen LogP contribution in [-0.2, 0) is 75.5 Å². The van der Waals surface area contributed by atoms with Crippen LogP contribution in [0.15, 0.2) is 155 Å². The minimum atomic E-state index is -0.849. The molecule has 0 bridgehead atoms. The zero-order valence-electron chi connectivity index (χ0n) is 56.8. The van der Waals surface area contributed by atoms with E-state index in [2.05, 4.69) is 102 Å². The molecular weight excluding hydrogens is 1250 g/mol. The van der Waals surface area contributed by atoms with Crippen LogP contribution >= 0.6 is 0 Å². The molecule has 2 aliphatic rings. The third-order valence-electron chi connectivity index (χ3n) is 18.9. The smallest absolute Gasteiger partial charge is 0.248 e. The number of ether oxygens (including phenoxy) is 1. The number of aromatic amines is 2. The number of nitrogens with zero attached hydrogens (tertiary/aromatic N) is 2. The first-order chi connectivity index (χ1) is 47.9. The normalized spacial score (nSPS) is 15.3. The minimum absolute atomic E-state index is 0.00639. The van der Waals surface area contributed by atoms with Gasteiger partial charge in [0.15, 0.2) is 0 Å². The Bertz CT molecular complexity index is 3850. The lowest BCUT2D eigenvalue weighted by Crippen LogP contribution is -2.43. The molecule has 2 aromatic heterocycles. The molecule has 4 heterocycles. The Morgan fingerprint density at radius 1 is 0.475 bits per heavy atom. The lowest BCUT2D eigenvalue weighted by molar-refractivity contribution is -0.122. The molecule has 2 aliphatic heterocycles. The van der Waals surface area contributed by atoms with Gasteiger partial charge in [-0.2, -0.15) is 0 Å². The number of rotatable bonds is 34. The summed E-state index contributed by atoms with van der Waals surface area (Å²) in [6.07, 6.45) is 6.65. The maximum Gasteiger partial charge on any atom is 0.248 e. The number of carbonyl (C=O) groups excluding carboxylic acids is 4. The number of pyridine rings is 2. The molecule has 99 heavy (non-hydrogen) atoms. The molecule has 0 saturated carbocycles. The zero-order chi connectivity index (χ0) is 69.6. The van der Waals surface area contributed by atoms with E-state index in [1.54, 1.807) is 24.3 Å². The van der Waals surface area contributed by atoms with Crippen molar-refractivity contribution in [3.05, 3.63) is 222 Å². The van der Waals surface area contributed by atoms with Crippen molar-refractivity contribution >= 4 is 45.4 Å². The van der Waals surface area contributed by atoms with E-state index >= 15 is 0 Å². The van der Waals surface area contributed by atoms with Crippen LogP contribution in [0.4, 0.5) is 0 Å². The van der Waals surface area contributed by atoms with Gasteiger partial charge in [0.05, 0.1) is 48.3 Å².